The summed E-state index contributed by atoms with van der Waals surface area (Å²) in [4.78, 5) is 20.4. The number of benzene rings is 1. The quantitative estimate of drug-likeness (QED) is 0.392. The second-order valence-corrected chi connectivity index (χ2v) is 6.46. The fourth-order valence-corrected chi connectivity index (χ4v) is 3.22. The van der Waals surface area contributed by atoms with Gasteiger partial charge in [-0.05, 0) is 31.0 Å². The van der Waals surface area contributed by atoms with Crippen molar-refractivity contribution in [2.45, 2.75) is 38.4 Å². The number of carbonyl (C=O) groups excluding carboxylic acids is 1. The Morgan fingerprint density at radius 2 is 2.03 bits per heavy atom. The number of ether oxygens (including phenoxy) is 2. The van der Waals surface area contributed by atoms with E-state index >= 15 is 0 Å². The largest absolute Gasteiger partial charge is 0.462 e. The molecule has 5 nitrogen and oxygen atoms in total. The molecule has 0 bridgehead atoms. The summed E-state index contributed by atoms with van der Waals surface area (Å²) >= 11 is 0. The molecule has 2 rings (SSSR count). The number of esters is 1. The SMILES string of the molecule is [C-]#[N+]C1C(C)=NC(COC)=C(C(=O)OCCC)C1c1ccc(F)cc1C(F)(F)F. The van der Waals surface area contributed by atoms with E-state index in [0.29, 0.717) is 12.5 Å². The van der Waals surface area contributed by atoms with E-state index < -0.39 is 35.5 Å². The molecule has 0 saturated heterocycles. The predicted molar refractivity (Wildman–Crippen MR) is 97.8 cm³/mol. The molecule has 9 heteroatoms. The van der Waals surface area contributed by atoms with Crippen molar-refractivity contribution in [3.05, 3.63) is 57.8 Å². The maximum Gasteiger partial charge on any atom is 0.416 e. The molecule has 0 spiro atoms. The van der Waals surface area contributed by atoms with Crippen LogP contribution < -0.4 is 0 Å². The molecule has 0 radical (unpaired) electrons. The van der Waals surface area contributed by atoms with Crippen LogP contribution >= 0.6 is 0 Å². The van der Waals surface area contributed by atoms with Gasteiger partial charge in [-0.25, -0.2) is 15.8 Å². The fourth-order valence-electron chi connectivity index (χ4n) is 3.22. The zero-order valence-electron chi connectivity index (χ0n) is 16.1. The Morgan fingerprint density at radius 1 is 1.34 bits per heavy atom. The van der Waals surface area contributed by atoms with Crippen LogP contribution in [0.4, 0.5) is 17.6 Å². The molecule has 29 heavy (non-hydrogen) atoms. The first-order valence-corrected chi connectivity index (χ1v) is 8.83. The van der Waals surface area contributed by atoms with Gasteiger partial charge < -0.3 is 14.3 Å². The topological polar surface area (TPSA) is 52.2 Å². The van der Waals surface area contributed by atoms with E-state index in [1.807, 2.05) is 0 Å². The molecule has 1 aromatic carbocycles. The van der Waals surface area contributed by atoms with E-state index in [1.54, 1.807) is 6.92 Å². The molecule has 0 amide bonds. The van der Waals surface area contributed by atoms with E-state index in [4.69, 9.17) is 16.0 Å². The number of alkyl halides is 3. The van der Waals surface area contributed by atoms with Crippen molar-refractivity contribution < 1.29 is 31.8 Å². The van der Waals surface area contributed by atoms with Crippen LogP contribution in [0.2, 0.25) is 0 Å². The number of nitrogens with zero attached hydrogens (tertiary/aromatic N) is 2. The Hall–Kier alpha value is -2.73. The van der Waals surface area contributed by atoms with Gasteiger partial charge >= 0.3 is 12.1 Å². The van der Waals surface area contributed by atoms with Gasteiger partial charge in [0.15, 0.2) is 0 Å². The lowest BCUT2D eigenvalue weighted by molar-refractivity contribution is -0.141. The monoisotopic (exact) mass is 412 g/mol. The van der Waals surface area contributed by atoms with Crippen molar-refractivity contribution in [1.82, 2.24) is 0 Å². The highest BCUT2D eigenvalue weighted by atomic mass is 19.4. The fraction of sp³-hybridized carbons (Fsp3) is 0.450. The molecule has 0 fully saturated rings. The highest BCUT2D eigenvalue weighted by Gasteiger charge is 2.47. The third-order valence-corrected chi connectivity index (χ3v) is 4.41. The van der Waals surface area contributed by atoms with Gasteiger partial charge in [0, 0.05) is 7.11 Å². The van der Waals surface area contributed by atoms with Crippen LogP contribution in [-0.2, 0) is 20.4 Å². The van der Waals surface area contributed by atoms with Crippen LogP contribution in [0.25, 0.3) is 4.85 Å². The minimum absolute atomic E-state index is 0.0518. The maximum atomic E-state index is 13.7. The molecule has 1 aromatic rings. The highest BCUT2D eigenvalue weighted by molar-refractivity contribution is 6.00. The zero-order chi connectivity index (χ0) is 21.8. The molecule has 2 atom stereocenters. The zero-order valence-corrected chi connectivity index (χ0v) is 16.1. The summed E-state index contributed by atoms with van der Waals surface area (Å²) in [6.07, 6.45) is -4.38. The predicted octanol–water partition coefficient (Wildman–Crippen LogP) is 4.54. The minimum atomic E-state index is -4.88. The minimum Gasteiger partial charge on any atom is -0.462 e. The second kappa shape index (κ2) is 9.18. The van der Waals surface area contributed by atoms with E-state index in [-0.39, 0.29) is 35.8 Å². The van der Waals surface area contributed by atoms with Gasteiger partial charge in [0.25, 0.3) is 6.04 Å². The number of halogens is 4. The number of carbonyl (C=O) groups is 1. The van der Waals surface area contributed by atoms with Gasteiger partial charge in [-0.3, -0.25) is 4.99 Å². The summed E-state index contributed by atoms with van der Waals surface area (Å²) in [7, 11) is 1.35. The third kappa shape index (κ3) is 4.82. The van der Waals surface area contributed by atoms with Crippen molar-refractivity contribution in [2.75, 3.05) is 20.3 Å². The smallest absolute Gasteiger partial charge is 0.416 e. The van der Waals surface area contributed by atoms with Crippen LogP contribution in [-0.4, -0.2) is 38.0 Å². The molecule has 156 valence electrons. The Morgan fingerprint density at radius 3 is 2.59 bits per heavy atom. The number of rotatable bonds is 6. The molecular formula is C20H20F4N2O3. The van der Waals surface area contributed by atoms with Crippen LogP contribution in [0.1, 0.15) is 37.3 Å². The van der Waals surface area contributed by atoms with Crippen molar-refractivity contribution in [2.24, 2.45) is 4.99 Å². The molecule has 0 aromatic heterocycles. The Kier molecular flexibility index (Phi) is 7.14. The summed E-state index contributed by atoms with van der Waals surface area (Å²) in [5, 5.41) is 0. The lowest BCUT2D eigenvalue weighted by Crippen LogP contribution is -2.34. The third-order valence-electron chi connectivity index (χ3n) is 4.41. The first-order valence-electron chi connectivity index (χ1n) is 8.83. The summed E-state index contributed by atoms with van der Waals surface area (Å²) < 4.78 is 64.8. The van der Waals surface area contributed by atoms with E-state index in [9.17, 15) is 22.4 Å². The average molecular weight is 412 g/mol. The average Bonchev–Trinajstić information content (AvgIpc) is 2.65. The van der Waals surface area contributed by atoms with Gasteiger partial charge in [0.2, 0.25) is 0 Å². The van der Waals surface area contributed by atoms with E-state index in [1.165, 1.54) is 14.0 Å². The van der Waals surface area contributed by atoms with Gasteiger partial charge in [-0.15, -0.1) is 0 Å². The van der Waals surface area contributed by atoms with Gasteiger partial charge in [0.1, 0.15) is 5.82 Å². The Balaban J connectivity index is 2.78. The number of hydrogen-bond acceptors (Lipinski definition) is 4. The van der Waals surface area contributed by atoms with Gasteiger partial charge in [-0.2, -0.15) is 13.2 Å². The first kappa shape index (κ1) is 22.6. The summed E-state index contributed by atoms with van der Waals surface area (Å²) in [6.45, 7) is 10.7. The van der Waals surface area contributed by atoms with Gasteiger partial charge in [0.05, 0.1) is 41.7 Å². The van der Waals surface area contributed by atoms with Crippen LogP contribution in [0, 0.1) is 12.4 Å². The summed E-state index contributed by atoms with van der Waals surface area (Å²) in [5.74, 6) is -3.26. The maximum absolute atomic E-state index is 13.7. The molecule has 0 saturated carbocycles. The summed E-state index contributed by atoms with van der Waals surface area (Å²) in [6, 6.07) is 1.02. The first-order chi connectivity index (χ1) is 13.6. The lowest BCUT2D eigenvalue weighted by Gasteiger charge is -2.28. The number of hydrogen-bond donors (Lipinski definition) is 0. The highest BCUT2D eigenvalue weighted by Crippen LogP contribution is 2.43. The summed E-state index contributed by atoms with van der Waals surface area (Å²) in [5.41, 5.74) is -1.48. The molecule has 1 aliphatic heterocycles. The number of aliphatic imine (C=N–C) groups is 1. The van der Waals surface area contributed by atoms with E-state index in [0.717, 1.165) is 12.1 Å². The van der Waals surface area contributed by atoms with Crippen LogP contribution in [0.5, 0.6) is 0 Å². The van der Waals surface area contributed by atoms with Crippen LogP contribution in [0.3, 0.4) is 0 Å². The van der Waals surface area contributed by atoms with Crippen LogP contribution in [0.15, 0.2) is 34.5 Å². The normalized spacial score (nSPS) is 19.6. The molecule has 0 N–H and O–H groups in total. The Bertz CT molecular complexity index is 885. The van der Waals surface area contributed by atoms with E-state index in [2.05, 4.69) is 9.84 Å². The molecule has 0 aliphatic carbocycles. The molecular weight excluding hydrogens is 392 g/mol. The lowest BCUT2D eigenvalue weighted by atomic mass is 9.78. The van der Waals surface area contributed by atoms with Crippen molar-refractivity contribution in [3.8, 4) is 0 Å². The van der Waals surface area contributed by atoms with Gasteiger partial charge in [-0.1, -0.05) is 13.0 Å². The Labute approximate surface area is 165 Å². The van der Waals surface area contributed by atoms with Crippen molar-refractivity contribution in [3.63, 3.8) is 0 Å². The standard InChI is InChI=1S/C20H20F4N2O3/c1-5-8-29-19(27)17-15(10-28-4)26-11(2)18(25-3)16(17)13-7-6-12(21)9-14(13)20(22,23)24/h6-7,9,16,18H,5,8,10H2,1-2,4H3. The second-order valence-electron chi connectivity index (χ2n) is 6.46. The van der Waals surface area contributed by atoms with Crippen molar-refractivity contribution in [1.29, 1.82) is 0 Å². The molecule has 1 aliphatic rings. The number of methoxy groups -OCH3 is 1. The molecule has 2 unspecified atom stereocenters. The van der Waals surface area contributed by atoms with Crippen molar-refractivity contribution >= 4 is 11.7 Å². The molecule has 1 heterocycles.